The normalized spacial score (nSPS) is 42.9. The Morgan fingerprint density at radius 3 is 2.86 bits per heavy atom. The van der Waals surface area contributed by atoms with Crippen LogP contribution in [0.1, 0.15) is 39.5 Å². The number of hydrogen-bond acceptors (Lipinski definition) is 2. The zero-order valence-corrected chi connectivity index (χ0v) is 9.46. The average Bonchev–Trinajstić information content (AvgIpc) is 2.60. The molecule has 0 spiro atoms. The van der Waals surface area contributed by atoms with Crippen molar-refractivity contribution in [2.75, 3.05) is 13.2 Å². The van der Waals surface area contributed by atoms with E-state index in [1.807, 2.05) is 0 Å². The highest BCUT2D eigenvalue weighted by molar-refractivity contribution is 4.98. The fraction of sp³-hybridized carbons (Fsp3) is 1.00. The third-order valence-electron chi connectivity index (χ3n) is 4.42. The average molecular weight is 197 g/mol. The lowest BCUT2D eigenvalue weighted by atomic mass is 9.65. The molecule has 2 N–H and O–H groups in total. The highest BCUT2D eigenvalue weighted by Crippen LogP contribution is 2.48. The number of hydrogen-bond donors (Lipinski definition) is 1. The van der Waals surface area contributed by atoms with Gasteiger partial charge in [0.25, 0.3) is 0 Å². The second kappa shape index (κ2) is 3.82. The maximum absolute atomic E-state index is 5.96. The Kier molecular flexibility index (Phi) is 2.85. The van der Waals surface area contributed by atoms with Crippen LogP contribution in [0, 0.1) is 17.3 Å². The Morgan fingerprint density at radius 1 is 1.43 bits per heavy atom. The van der Waals surface area contributed by atoms with Crippen LogP contribution in [0.5, 0.6) is 0 Å². The molecule has 1 heterocycles. The standard InChI is InChI=1S/C12H23NO/c1-9(2)10-3-4-11-12(7-10,8-13)5-6-14-11/h9-11H,3-8,13H2,1-2H3. The summed E-state index contributed by atoms with van der Waals surface area (Å²) in [6.45, 7) is 6.43. The minimum Gasteiger partial charge on any atom is -0.378 e. The number of fused-ring (bicyclic) bond motifs is 1. The Morgan fingerprint density at radius 2 is 2.21 bits per heavy atom. The molecule has 2 rings (SSSR count). The van der Waals surface area contributed by atoms with Crippen LogP contribution in [0.15, 0.2) is 0 Å². The lowest BCUT2D eigenvalue weighted by Crippen LogP contribution is -2.44. The summed E-state index contributed by atoms with van der Waals surface area (Å²) >= 11 is 0. The van der Waals surface area contributed by atoms with Crippen LogP contribution in [-0.4, -0.2) is 19.3 Å². The van der Waals surface area contributed by atoms with E-state index >= 15 is 0 Å². The van der Waals surface area contributed by atoms with Crippen LogP contribution < -0.4 is 5.73 Å². The van der Waals surface area contributed by atoms with Crippen LogP contribution in [0.2, 0.25) is 0 Å². The largest absolute Gasteiger partial charge is 0.378 e. The van der Waals surface area contributed by atoms with Crippen molar-refractivity contribution in [1.82, 2.24) is 0 Å². The van der Waals surface area contributed by atoms with E-state index in [-0.39, 0.29) is 0 Å². The summed E-state index contributed by atoms with van der Waals surface area (Å²) in [6.07, 6.45) is 5.54. The van der Waals surface area contributed by atoms with Gasteiger partial charge in [0.1, 0.15) is 0 Å². The maximum atomic E-state index is 5.96. The maximum Gasteiger partial charge on any atom is 0.0644 e. The second-order valence-electron chi connectivity index (χ2n) is 5.46. The summed E-state index contributed by atoms with van der Waals surface area (Å²) in [5.74, 6) is 1.68. The molecule has 0 radical (unpaired) electrons. The SMILES string of the molecule is CC(C)C1CCC2OCCC2(CN)C1. The van der Waals surface area contributed by atoms with E-state index in [0.29, 0.717) is 11.5 Å². The van der Waals surface area contributed by atoms with Gasteiger partial charge in [-0.1, -0.05) is 13.8 Å². The Bertz CT molecular complexity index is 204. The third kappa shape index (κ3) is 1.59. The van der Waals surface area contributed by atoms with E-state index in [0.717, 1.165) is 25.0 Å². The minimum absolute atomic E-state index is 0.340. The minimum atomic E-state index is 0.340. The molecule has 1 saturated heterocycles. The molecule has 3 atom stereocenters. The van der Waals surface area contributed by atoms with Gasteiger partial charge >= 0.3 is 0 Å². The quantitative estimate of drug-likeness (QED) is 0.736. The highest BCUT2D eigenvalue weighted by atomic mass is 16.5. The fourth-order valence-electron chi connectivity index (χ4n) is 3.24. The van der Waals surface area contributed by atoms with Gasteiger partial charge in [0.05, 0.1) is 6.10 Å². The van der Waals surface area contributed by atoms with Crippen LogP contribution >= 0.6 is 0 Å². The molecule has 0 aromatic rings. The van der Waals surface area contributed by atoms with Gasteiger partial charge < -0.3 is 10.5 Å². The van der Waals surface area contributed by atoms with Gasteiger partial charge in [-0.3, -0.25) is 0 Å². The molecular formula is C12H23NO. The van der Waals surface area contributed by atoms with Gasteiger partial charge in [0.15, 0.2) is 0 Å². The summed E-state index contributed by atoms with van der Waals surface area (Å²) in [4.78, 5) is 0. The van der Waals surface area contributed by atoms with Crippen molar-refractivity contribution in [2.24, 2.45) is 23.0 Å². The first-order chi connectivity index (χ1) is 6.68. The molecular weight excluding hydrogens is 174 g/mol. The van der Waals surface area contributed by atoms with E-state index in [2.05, 4.69) is 13.8 Å². The summed E-state index contributed by atoms with van der Waals surface area (Å²) in [6, 6.07) is 0. The second-order valence-corrected chi connectivity index (χ2v) is 5.46. The number of nitrogens with two attached hydrogens (primary N) is 1. The van der Waals surface area contributed by atoms with E-state index in [9.17, 15) is 0 Å². The molecule has 1 aliphatic heterocycles. The molecule has 2 heteroatoms. The molecule has 82 valence electrons. The first kappa shape index (κ1) is 10.4. The zero-order chi connectivity index (χ0) is 10.2. The predicted molar refractivity (Wildman–Crippen MR) is 58.0 cm³/mol. The zero-order valence-electron chi connectivity index (χ0n) is 9.46. The van der Waals surface area contributed by atoms with Crippen molar-refractivity contribution < 1.29 is 4.74 Å². The van der Waals surface area contributed by atoms with Crippen molar-refractivity contribution in [3.05, 3.63) is 0 Å². The molecule has 2 nitrogen and oxygen atoms in total. The van der Waals surface area contributed by atoms with Gasteiger partial charge in [-0.05, 0) is 37.5 Å². The summed E-state index contributed by atoms with van der Waals surface area (Å²) < 4.78 is 5.80. The van der Waals surface area contributed by atoms with Crippen LogP contribution in [0.4, 0.5) is 0 Å². The third-order valence-corrected chi connectivity index (χ3v) is 4.42. The molecule has 1 saturated carbocycles. The van der Waals surface area contributed by atoms with E-state index in [1.54, 1.807) is 0 Å². The van der Waals surface area contributed by atoms with E-state index < -0.39 is 0 Å². The van der Waals surface area contributed by atoms with Gasteiger partial charge in [-0.15, -0.1) is 0 Å². The van der Waals surface area contributed by atoms with E-state index in [1.165, 1.54) is 25.7 Å². The van der Waals surface area contributed by atoms with Crippen molar-refractivity contribution in [1.29, 1.82) is 0 Å². The molecule has 0 aromatic heterocycles. The van der Waals surface area contributed by atoms with E-state index in [4.69, 9.17) is 10.5 Å². The van der Waals surface area contributed by atoms with Crippen LogP contribution in [-0.2, 0) is 4.74 Å². The first-order valence-corrected chi connectivity index (χ1v) is 5.99. The molecule has 2 aliphatic rings. The lowest BCUT2D eigenvalue weighted by Gasteiger charge is -2.42. The topological polar surface area (TPSA) is 35.2 Å². The van der Waals surface area contributed by atoms with Gasteiger partial charge in [-0.25, -0.2) is 0 Å². The molecule has 3 unspecified atom stereocenters. The molecule has 0 bridgehead atoms. The first-order valence-electron chi connectivity index (χ1n) is 5.99. The number of ether oxygens (including phenoxy) is 1. The molecule has 2 fully saturated rings. The Hall–Kier alpha value is -0.0800. The number of rotatable bonds is 2. The van der Waals surface area contributed by atoms with Crippen molar-refractivity contribution in [2.45, 2.75) is 45.6 Å². The lowest BCUT2D eigenvalue weighted by molar-refractivity contribution is -0.00523. The summed E-state index contributed by atoms with van der Waals surface area (Å²) in [7, 11) is 0. The van der Waals surface area contributed by atoms with Crippen LogP contribution in [0.3, 0.4) is 0 Å². The van der Waals surface area contributed by atoms with Crippen molar-refractivity contribution >= 4 is 0 Å². The summed E-state index contributed by atoms with van der Waals surface area (Å²) in [5, 5.41) is 0. The Labute approximate surface area is 87.2 Å². The van der Waals surface area contributed by atoms with Crippen molar-refractivity contribution in [3.8, 4) is 0 Å². The molecule has 1 aliphatic carbocycles. The summed E-state index contributed by atoms with van der Waals surface area (Å²) in [5.41, 5.74) is 6.30. The monoisotopic (exact) mass is 197 g/mol. The predicted octanol–water partition coefficient (Wildman–Crippen LogP) is 2.18. The van der Waals surface area contributed by atoms with Crippen molar-refractivity contribution in [3.63, 3.8) is 0 Å². The molecule has 14 heavy (non-hydrogen) atoms. The van der Waals surface area contributed by atoms with Gasteiger partial charge in [0.2, 0.25) is 0 Å². The van der Waals surface area contributed by atoms with Crippen LogP contribution in [0.25, 0.3) is 0 Å². The van der Waals surface area contributed by atoms with Gasteiger partial charge in [-0.2, -0.15) is 0 Å². The fourth-order valence-corrected chi connectivity index (χ4v) is 3.24. The highest BCUT2D eigenvalue weighted by Gasteiger charge is 2.47. The van der Waals surface area contributed by atoms with Gasteiger partial charge in [0, 0.05) is 18.6 Å². The smallest absolute Gasteiger partial charge is 0.0644 e. The molecule has 0 amide bonds. The Balaban J connectivity index is 2.09. The molecule has 0 aromatic carbocycles.